The molecule has 0 aliphatic carbocycles. The summed E-state index contributed by atoms with van der Waals surface area (Å²) in [7, 11) is 0. The van der Waals surface area contributed by atoms with E-state index < -0.39 is 0 Å². The molecule has 0 saturated heterocycles. The molecule has 0 aromatic carbocycles. The van der Waals surface area contributed by atoms with Gasteiger partial charge < -0.3 is 11.1 Å². The number of anilines is 2. The van der Waals surface area contributed by atoms with E-state index in [0.717, 1.165) is 6.54 Å². The van der Waals surface area contributed by atoms with Gasteiger partial charge in [0.2, 0.25) is 0 Å². The fourth-order valence-corrected chi connectivity index (χ4v) is 2.15. The second kappa shape index (κ2) is 6.25. The van der Waals surface area contributed by atoms with E-state index in [1.54, 1.807) is 12.3 Å². The minimum atomic E-state index is 0.488. The maximum Gasteiger partial charge on any atom is 0.149 e. The van der Waals surface area contributed by atoms with Crippen molar-refractivity contribution in [2.75, 3.05) is 17.6 Å². The zero-order valence-electron chi connectivity index (χ0n) is 11.6. The summed E-state index contributed by atoms with van der Waals surface area (Å²) in [4.78, 5) is 4.18. The third kappa shape index (κ3) is 3.63. The molecule has 4 nitrogen and oxygen atoms in total. The summed E-state index contributed by atoms with van der Waals surface area (Å²) in [6, 6.07) is 3.67. The minimum absolute atomic E-state index is 0.488. The molecule has 0 radical (unpaired) electrons. The lowest BCUT2D eigenvalue weighted by atomic mass is 9.85. The van der Waals surface area contributed by atoms with Crippen LogP contribution in [0.4, 0.5) is 11.5 Å². The highest BCUT2D eigenvalue weighted by atomic mass is 15.0. The van der Waals surface area contributed by atoms with E-state index in [1.165, 1.54) is 0 Å². The zero-order valence-corrected chi connectivity index (χ0v) is 11.6. The molecule has 0 saturated carbocycles. The van der Waals surface area contributed by atoms with Crippen LogP contribution in [0.15, 0.2) is 12.3 Å². The molecule has 0 bridgehead atoms. The van der Waals surface area contributed by atoms with Gasteiger partial charge >= 0.3 is 0 Å². The first-order valence-electron chi connectivity index (χ1n) is 6.35. The number of nitrogen functional groups attached to an aromatic ring is 1. The van der Waals surface area contributed by atoms with Crippen LogP contribution < -0.4 is 11.1 Å². The van der Waals surface area contributed by atoms with Crippen LogP contribution in [0.25, 0.3) is 0 Å². The van der Waals surface area contributed by atoms with Gasteiger partial charge in [-0.15, -0.1) is 0 Å². The van der Waals surface area contributed by atoms with Crippen molar-refractivity contribution in [3.63, 3.8) is 0 Å². The topological polar surface area (TPSA) is 74.7 Å². The standard InChI is InChI=1S/C14H22N4/c1-9(2)12(10(3)4)8-18-14-13(16)5-11(6-15)7-17-14/h5,7,9-10,12H,8,16H2,1-4H3,(H,17,18). The van der Waals surface area contributed by atoms with Gasteiger partial charge in [0.05, 0.1) is 11.3 Å². The summed E-state index contributed by atoms with van der Waals surface area (Å²) in [5.41, 5.74) is 6.88. The highest BCUT2D eigenvalue weighted by Gasteiger charge is 2.17. The molecule has 1 aromatic heterocycles. The first-order valence-corrected chi connectivity index (χ1v) is 6.35. The average molecular weight is 246 g/mol. The van der Waals surface area contributed by atoms with Gasteiger partial charge in [0.1, 0.15) is 11.9 Å². The maximum absolute atomic E-state index is 8.75. The van der Waals surface area contributed by atoms with Crippen LogP contribution in [0.3, 0.4) is 0 Å². The Morgan fingerprint density at radius 1 is 1.33 bits per heavy atom. The molecule has 1 rings (SSSR count). The Labute approximate surface area is 109 Å². The molecule has 0 aliphatic rings. The molecular weight excluding hydrogens is 224 g/mol. The molecule has 1 heterocycles. The van der Waals surface area contributed by atoms with Crippen molar-refractivity contribution in [3.05, 3.63) is 17.8 Å². The molecule has 0 amide bonds. The molecule has 18 heavy (non-hydrogen) atoms. The number of hydrogen-bond acceptors (Lipinski definition) is 4. The van der Waals surface area contributed by atoms with Crippen LogP contribution >= 0.6 is 0 Å². The Morgan fingerprint density at radius 3 is 2.39 bits per heavy atom. The maximum atomic E-state index is 8.75. The Balaban J connectivity index is 2.71. The molecule has 0 fully saturated rings. The predicted molar refractivity (Wildman–Crippen MR) is 75.0 cm³/mol. The van der Waals surface area contributed by atoms with Gasteiger partial charge in [0, 0.05) is 12.7 Å². The molecule has 0 spiro atoms. The smallest absolute Gasteiger partial charge is 0.149 e. The molecule has 3 N–H and O–H groups in total. The number of nitrogens with one attached hydrogen (secondary N) is 1. The second-order valence-corrected chi connectivity index (χ2v) is 5.31. The number of aromatic nitrogens is 1. The van der Waals surface area contributed by atoms with Crippen molar-refractivity contribution in [1.29, 1.82) is 5.26 Å². The number of pyridine rings is 1. The Morgan fingerprint density at radius 2 is 1.94 bits per heavy atom. The van der Waals surface area contributed by atoms with E-state index in [2.05, 4.69) is 38.0 Å². The number of hydrogen-bond donors (Lipinski definition) is 2. The normalized spacial score (nSPS) is 11.0. The minimum Gasteiger partial charge on any atom is -0.396 e. The summed E-state index contributed by atoms with van der Waals surface area (Å²) in [5, 5.41) is 12.0. The van der Waals surface area contributed by atoms with Crippen molar-refractivity contribution >= 4 is 11.5 Å². The summed E-state index contributed by atoms with van der Waals surface area (Å²) in [5.74, 6) is 2.45. The van der Waals surface area contributed by atoms with Crippen LogP contribution in [0.1, 0.15) is 33.3 Å². The van der Waals surface area contributed by atoms with Crippen LogP contribution in [0.2, 0.25) is 0 Å². The SMILES string of the molecule is CC(C)C(CNc1ncc(C#N)cc1N)C(C)C. The van der Waals surface area contributed by atoms with Crippen molar-refractivity contribution in [2.45, 2.75) is 27.7 Å². The van der Waals surface area contributed by atoms with Gasteiger partial charge in [-0.25, -0.2) is 4.98 Å². The van der Waals surface area contributed by atoms with E-state index in [-0.39, 0.29) is 0 Å². The van der Waals surface area contributed by atoms with Gasteiger partial charge in [-0.05, 0) is 23.8 Å². The first kappa shape index (κ1) is 14.3. The molecule has 0 aliphatic heterocycles. The molecular formula is C14H22N4. The number of nitriles is 1. The van der Waals surface area contributed by atoms with Crippen molar-refractivity contribution in [3.8, 4) is 6.07 Å². The Kier molecular flexibility index (Phi) is 4.96. The lowest BCUT2D eigenvalue weighted by Gasteiger charge is -2.25. The number of nitrogens with two attached hydrogens (primary N) is 1. The van der Waals surface area contributed by atoms with Gasteiger partial charge in [-0.1, -0.05) is 27.7 Å². The van der Waals surface area contributed by atoms with E-state index in [1.807, 2.05) is 6.07 Å². The van der Waals surface area contributed by atoms with Gasteiger partial charge in [0.15, 0.2) is 0 Å². The molecule has 0 unspecified atom stereocenters. The third-order valence-corrected chi connectivity index (χ3v) is 3.26. The van der Waals surface area contributed by atoms with E-state index in [0.29, 0.717) is 34.8 Å². The fourth-order valence-electron chi connectivity index (χ4n) is 2.15. The second-order valence-electron chi connectivity index (χ2n) is 5.31. The monoisotopic (exact) mass is 246 g/mol. The molecule has 0 atom stereocenters. The van der Waals surface area contributed by atoms with E-state index >= 15 is 0 Å². The quantitative estimate of drug-likeness (QED) is 0.837. The average Bonchev–Trinajstić information content (AvgIpc) is 2.30. The molecule has 98 valence electrons. The van der Waals surface area contributed by atoms with Crippen molar-refractivity contribution in [1.82, 2.24) is 4.98 Å². The highest BCUT2D eigenvalue weighted by molar-refractivity contribution is 5.63. The van der Waals surface area contributed by atoms with Crippen LogP contribution in [0.5, 0.6) is 0 Å². The van der Waals surface area contributed by atoms with Gasteiger partial charge in [0.25, 0.3) is 0 Å². The van der Waals surface area contributed by atoms with Crippen molar-refractivity contribution in [2.24, 2.45) is 17.8 Å². The first-order chi connectivity index (χ1) is 8.45. The van der Waals surface area contributed by atoms with E-state index in [4.69, 9.17) is 11.0 Å². The Hall–Kier alpha value is -1.76. The number of rotatable bonds is 5. The predicted octanol–water partition coefficient (Wildman–Crippen LogP) is 2.88. The fraction of sp³-hybridized carbons (Fsp3) is 0.571. The summed E-state index contributed by atoms with van der Waals surface area (Å²) < 4.78 is 0. The van der Waals surface area contributed by atoms with Crippen LogP contribution in [-0.2, 0) is 0 Å². The zero-order chi connectivity index (χ0) is 13.7. The molecule has 1 aromatic rings. The lowest BCUT2D eigenvalue weighted by molar-refractivity contribution is 0.304. The summed E-state index contributed by atoms with van der Waals surface area (Å²) >= 11 is 0. The number of nitrogens with zero attached hydrogens (tertiary/aromatic N) is 2. The van der Waals surface area contributed by atoms with Gasteiger partial charge in [-0.3, -0.25) is 0 Å². The summed E-state index contributed by atoms with van der Waals surface area (Å²) in [6.45, 7) is 9.74. The Bertz CT molecular complexity index is 424. The van der Waals surface area contributed by atoms with Crippen LogP contribution in [0, 0.1) is 29.1 Å². The molecule has 4 heteroatoms. The highest BCUT2D eigenvalue weighted by Crippen LogP contribution is 2.22. The van der Waals surface area contributed by atoms with E-state index in [9.17, 15) is 0 Å². The van der Waals surface area contributed by atoms with Gasteiger partial charge in [-0.2, -0.15) is 5.26 Å². The van der Waals surface area contributed by atoms with Crippen LogP contribution in [-0.4, -0.2) is 11.5 Å². The van der Waals surface area contributed by atoms with Crippen molar-refractivity contribution < 1.29 is 0 Å². The summed E-state index contributed by atoms with van der Waals surface area (Å²) in [6.07, 6.45) is 1.54. The lowest BCUT2D eigenvalue weighted by Crippen LogP contribution is -2.25. The largest absolute Gasteiger partial charge is 0.396 e. The third-order valence-electron chi connectivity index (χ3n) is 3.26.